The molecule has 31 heavy (non-hydrogen) atoms. The van der Waals surface area contributed by atoms with Crippen LogP contribution >= 0.6 is 0 Å². The van der Waals surface area contributed by atoms with Gasteiger partial charge >= 0.3 is 0 Å². The second-order valence-electron chi connectivity index (χ2n) is 8.54. The zero-order chi connectivity index (χ0) is 21.1. The second kappa shape index (κ2) is 6.71. The third-order valence-corrected chi connectivity index (χ3v) is 6.14. The molecule has 0 saturated heterocycles. The van der Waals surface area contributed by atoms with Crippen LogP contribution in [0.15, 0.2) is 48.5 Å². The molecule has 1 aliphatic heterocycles. The minimum absolute atomic E-state index is 0.361. The van der Waals surface area contributed by atoms with E-state index in [-0.39, 0.29) is 0 Å². The number of rotatable bonds is 3. The van der Waals surface area contributed by atoms with Crippen LogP contribution in [-0.4, -0.2) is 19.9 Å². The van der Waals surface area contributed by atoms with E-state index in [1.54, 1.807) is 0 Å². The van der Waals surface area contributed by atoms with Gasteiger partial charge in [-0.15, -0.1) is 0 Å². The van der Waals surface area contributed by atoms with Gasteiger partial charge in [-0.05, 0) is 40.8 Å². The first-order valence-corrected chi connectivity index (χ1v) is 10.9. The standard InChI is InChI=1S/C26H24N4O/c1-4-23-27-20-10-7-17-11-15(5-8-18(17)24(20)29-23)16-6-9-19-22(12-16)31-13-21-25(19)30-26(28-21)14(2)3/h5-12,14H,4,13H2,1-3H3,(H,27,29)(H,28,30). The molecule has 154 valence electrons. The summed E-state index contributed by atoms with van der Waals surface area (Å²) >= 11 is 0. The van der Waals surface area contributed by atoms with E-state index in [2.05, 4.69) is 79.3 Å². The van der Waals surface area contributed by atoms with Crippen molar-refractivity contribution in [2.75, 3.05) is 0 Å². The largest absolute Gasteiger partial charge is 0.487 e. The predicted molar refractivity (Wildman–Crippen MR) is 124 cm³/mol. The Hall–Kier alpha value is -3.60. The topological polar surface area (TPSA) is 66.6 Å². The lowest BCUT2D eigenvalue weighted by atomic mass is 9.97. The molecule has 5 heteroatoms. The van der Waals surface area contributed by atoms with E-state index in [9.17, 15) is 0 Å². The number of hydrogen-bond acceptors (Lipinski definition) is 3. The third-order valence-electron chi connectivity index (χ3n) is 6.14. The first-order valence-electron chi connectivity index (χ1n) is 10.9. The van der Waals surface area contributed by atoms with Crippen molar-refractivity contribution in [2.45, 2.75) is 39.7 Å². The molecule has 6 rings (SSSR count). The van der Waals surface area contributed by atoms with Gasteiger partial charge in [0.25, 0.3) is 0 Å². The fourth-order valence-electron chi connectivity index (χ4n) is 4.40. The van der Waals surface area contributed by atoms with Crippen LogP contribution in [0.5, 0.6) is 5.75 Å². The molecule has 0 bridgehead atoms. The molecule has 3 aromatic carbocycles. The van der Waals surface area contributed by atoms with Gasteiger partial charge in [0.2, 0.25) is 0 Å². The van der Waals surface area contributed by atoms with Gasteiger partial charge in [0, 0.05) is 23.3 Å². The number of aryl methyl sites for hydroxylation is 1. The normalized spacial score (nSPS) is 12.9. The van der Waals surface area contributed by atoms with Gasteiger partial charge < -0.3 is 14.7 Å². The van der Waals surface area contributed by atoms with Crippen LogP contribution in [0.1, 0.15) is 44.0 Å². The maximum Gasteiger partial charge on any atom is 0.130 e. The van der Waals surface area contributed by atoms with Gasteiger partial charge in [-0.25, -0.2) is 9.97 Å². The van der Waals surface area contributed by atoms with E-state index < -0.39 is 0 Å². The Morgan fingerprint density at radius 1 is 0.968 bits per heavy atom. The quantitative estimate of drug-likeness (QED) is 0.365. The lowest BCUT2D eigenvalue weighted by Crippen LogP contribution is -2.05. The molecule has 2 aromatic heterocycles. The number of H-pyrrole nitrogens is 2. The molecule has 5 nitrogen and oxygen atoms in total. The number of aromatic nitrogens is 4. The van der Waals surface area contributed by atoms with Crippen LogP contribution in [0, 0.1) is 0 Å². The van der Waals surface area contributed by atoms with E-state index in [1.807, 2.05) is 0 Å². The van der Waals surface area contributed by atoms with Gasteiger partial charge in [-0.3, -0.25) is 0 Å². The first-order chi connectivity index (χ1) is 15.1. The molecule has 0 radical (unpaired) electrons. The Morgan fingerprint density at radius 2 is 1.81 bits per heavy atom. The molecular formula is C26H24N4O. The van der Waals surface area contributed by atoms with Crippen molar-refractivity contribution in [1.82, 2.24) is 19.9 Å². The molecule has 2 N–H and O–H groups in total. The highest BCUT2D eigenvalue weighted by Gasteiger charge is 2.23. The molecule has 0 fully saturated rings. The zero-order valence-corrected chi connectivity index (χ0v) is 17.9. The summed E-state index contributed by atoms with van der Waals surface area (Å²) in [7, 11) is 0. The van der Waals surface area contributed by atoms with Crippen LogP contribution in [-0.2, 0) is 13.0 Å². The lowest BCUT2D eigenvalue weighted by Gasteiger charge is -2.17. The summed E-state index contributed by atoms with van der Waals surface area (Å²) in [6, 6.07) is 17.3. The highest BCUT2D eigenvalue weighted by atomic mass is 16.5. The summed E-state index contributed by atoms with van der Waals surface area (Å²) in [6.45, 7) is 6.94. The molecular weight excluding hydrogens is 384 g/mol. The lowest BCUT2D eigenvalue weighted by molar-refractivity contribution is 0.298. The summed E-state index contributed by atoms with van der Waals surface area (Å²) < 4.78 is 6.08. The highest BCUT2D eigenvalue weighted by molar-refractivity contribution is 6.05. The van der Waals surface area contributed by atoms with Crippen molar-refractivity contribution in [3.63, 3.8) is 0 Å². The smallest absolute Gasteiger partial charge is 0.130 e. The molecule has 0 saturated carbocycles. The van der Waals surface area contributed by atoms with E-state index in [0.717, 1.165) is 57.4 Å². The summed E-state index contributed by atoms with van der Waals surface area (Å²) in [5.41, 5.74) is 7.57. The number of hydrogen-bond donors (Lipinski definition) is 2. The SMILES string of the molecule is CCc1nc2c(ccc3cc(-c4ccc5c(c4)OCc4[nH]c(C(C)C)nc4-5)ccc32)[nH]1. The predicted octanol–water partition coefficient (Wildman–Crippen LogP) is 6.35. The maximum absolute atomic E-state index is 6.08. The van der Waals surface area contributed by atoms with Gasteiger partial charge in [0.05, 0.1) is 22.4 Å². The van der Waals surface area contributed by atoms with Crippen molar-refractivity contribution >= 4 is 21.8 Å². The minimum atomic E-state index is 0.361. The highest BCUT2D eigenvalue weighted by Crippen LogP contribution is 2.40. The Balaban J connectivity index is 1.42. The van der Waals surface area contributed by atoms with Crippen LogP contribution in [0.25, 0.3) is 44.2 Å². The number of ether oxygens (including phenoxy) is 1. The second-order valence-corrected chi connectivity index (χ2v) is 8.54. The molecule has 0 amide bonds. The van der Waals surface area contributed by atoms with Crippen molar-refractivity contribution < 1.29 is 4.74 Å². The monoisotopic (exact) mass is 408 g/mol. The molecule has 0 unspecified atom stereocenters. The number of fused-ring (bicyclic) bond motifs is 6. The third kappa shape index (κ3) is 2.84. The molecule has 0 spiro atoms. The molecule has 5 aromatic rings. The Kier molecular flexibility index (Phi) is 3.93. The Bertz CT molecular complexity index is 1460. The first kappa shape index (κ1) is 18.2. The van der Waals surface area contributed by atoms with Gasteiger partial charge in [0.15, 0.2) is 0 Å². The molecule has 0 aliphatic carbocycles. The number of nitrogens with one attached hydrogen (secondary N) is 2. The van der Waals surface area contributed by atoms with Crippen molar-refractivity contribution in [3.05, 3.63) is 65.9 Å². The van der Waals surface area contributed by atoms with Gasteiger partial charge in [-0.2, -0.15) is 0 Å². The summed E-state index contributed by atoms with van der Waals surface area (Å²) in [4.78, 5) is 16.4. The van der Waals surface area contributed by atoms with Gasteiger partial charge in [-0.1, -0.05) is 45.0 Å². The maximum atomic E-state index is 6.08. The average molecular weight is 409 g/mol. The summed E-state index contributed by atoms with van der Waals surface area (Å²) in [5.74, 6) is 3.29. The van der Waals surface area contributed by atoms with Crippen molar-refractivity contribution in [2.24, 2.45) is 0 Å². The van der Waals surface area contributed by atoms with E-state index in [4.69, 9.17) is 14.7 Å². The van der Waals surface area contributed by atoms with E-state index in [1.165, 1.54) is 16.3 Å². The van der Waals surface area contributed by atoms with Crippen LogP contribution in [0.4, 0.5) is 0 Å². The number of nitrogens with zero attached hydrogens (tertiary/aromatic N) is 2. The Labute approximate surface area is 180 Å². The van der Waals surface area contributed by atoms with E-state index >= 15 is 0 Å². The average Bonchev–Trinajstić information content (AvgIpc) is 3.42. The summed E-state index contributed by atoms with van der Waals surface area (Å²) in [5, 5.41) is 2.36. The van der Waals surface area contributed by atoms with Crippen molar-refractivity contribution in [1.29, 1.82) is 0 Å². The number of aromatic amines is 2. The van der Waals surface area contributed by atoms with Crippen LogP contribution in [0.2, 0.25) is 0 Å². The summed E-state index contributed by atoms with van der Waals surface area (Å²) in [6.07, 6.45) is 0.903. The molecule has 3 heterocycles. The van der Waals surface area contributed by atoms with Crippen molar-refractivity contribution in [3.8, 4) is 28.1 Å². The van der Waals surface area contributed by atoms with Crippen LogP contribution in [0.3, 0.4) is 0 Å². The Morgan fingerprint density at radius 3 is 2.65 bits per heavy atom. The fraction of sp³-hybridized carbons (Fsp3) is 0.231. The number of imidazole rings is 2. The molecule has 0 atom stereocenters. The zero-order valence-electron chi connectivity index (χ0n) is 17.9. The minimum Gasteiger partial charge on any atom is -0.487 e. The van der Waals surface area contributed by atoms with Gasteiger partial charge in [0.1, 0.15) is 24.0 Å². The van der Waals surface area contributed by atoms with E-state index in [0.29, 0.717) is 12.5 Å². The van der Waals surface area contributed by atoms with Crippen LogP contribution < -0.4 is 4.74 Å². The fourth-order valence-corrected chi connectivity index (χ4v) is 4.40. The number of benzene rings is 3. The molecule has 1 aliphatic rings.